The molecule has 0 aliphatic carbocycles. The number of hydrogen-bond donors (Lipinski definition) is 1. The fourth-order valence-electron chi connectivity index (χ4n) is 1.95. The van der Waals surface area contributed by atoms with Crippen LogP contribution in [-0.4, -0.2) is 24.0 Å². The quantitative estimate of drug-likeness (QED) is 0.829. The van der Waals surface area contributed by atoms with Crippen molar-refractivity contribution < 1.29 is 9.18 Å². The summed E-state index contributed by atoms with van der Waals surface area (Å²) in [5.41, 5.74) is 0.573. The lowest BCUT2D eigenvalue weighted by Crippen LogP contribution is -2.40. The van der Waals surface area contributed by atoms with Crippen LogP contribution in [0.1, 0.15) is 12.8 Å². The van der Waals surface area contributed by atoms with Crippen molar-refractivity contribution in [3.63, 3.8) is 0 Å². The van der Waals surface area contributed by atoms with Crippen LogP contribution in [0.15, 0.2) is 24.3 Å². The van der Waals surface area contributed by atoms with E-state index in [4.69, 9.17) is 5.26 Å². The minimum absolute atomic E-state index is 0.0554. The van der Waals surface area contributed by atoms with E-state index in [1.165, 1.54) is 24.3 Å². The van der Waals surface area contributed by atoms with Gasteiger partial charge in [0.05, 0.1) is 6.07 Å². The van der Waals surface area contributed by atoms with Crippen LogP contribution in [0.2, 0.25) is 0 Å². The van der Waals surface area contributed by atoms with Crippen molar-refractivity contribution in [1.29, 1.82) is 5.26 Å². The highest BCUT2D eigenvalue weighted by atomic mass is 19.1. The second kappa shape index (κ2) is 5.50. The van der Waals surface area contributed by atoms with E-state index in [-0.39, 0.29) is 17.8 Å². The number of urea groups is 1. The van der Waals surface area contributed by atoms with Gasteiger partial charge in [0, 0.05) is 24.7 Å². The van der Waals surface area contributed by atoms with Crippen LogP contribution in [0.3, 0.4) is 0 Å². The zero-order chi connectivity index (χ0) is 13.0. The number of nitrogens with zero attached hydrogens (tertiary/aromatic N) is 2. The lowest BCUT2D eigenvalue weighted by Gasteiger charge is -2.29. The maximum atomic E-state index is 12.7. The van der Waals surface area contributed by atoms with E-state index in [1.54, 1.807) is 4.90 Å². The maximum Gasteiger partial charge on any atom is 0.321 e. The van der Waals surface area contributed by atoms with Crippen LogP contribution in [0.25, 0.3) is 0 Å². The number of anilines is 1. The Hall–Kier alpha value is -2.09. The zero-order valence-electron chi connectivity index (χ0n) is 9.90. The third-order valence-corrected chi connectivity index (χ3v) is 3.06. The topological polar surface area (TPSA) is 56.1 Å². The van der Waals surface area contributed by atoms with Crippen LogP contribution in [0.5, 0.6) is 0 Å². The van der Waals surface area contributed by atoms with Crippen LogP contribution in [0.4, 0.5) is 14.9 Å². The largest absolute Gasteiger partial charge is 0.324 e. The van der Waals surface area contributed by atoms with Gasteiger partial charge < -0.3 is 10.2 Å². The Bertz CT molecular complexity index is 458. The molecule has 2 rings (SSSR count). The van der Waals surface area contributed by atoms with Gasteiger partial charge >= 0.3 is 6.03 Å². The zero-order valence-corrected chi connectivity index (χ0v) is 9.90. The molecule has 0 aromatic heterocycles. The first-order valence-electron chi connectivity index (χ1n) is 5.90. The molecular weight excluding hydrogens is 233 g/mol. The Kier molecular flexibility index (Phi) is 3.78. The Morgan fingerprint density at radius 1 is 1.33 bits per heavy atom. The molecule has 0 bridgehead atoms. The number of hydrogen-bond acceptors (Lipinski definition) is 2. The number of likely N-dealkylation sites (tertiary alicyclic amines) is 1. The van der Waals surface area contributed by atoms with Crippen LogP contribution >= 0.6 is 0 Å². The van der Waals surface area contributed by atoms with E-state index in [2.05, 4.69) is 11.4 Å². The summed E-state index contributed by atoms with van der Waals surface area (Å²) < 4.78 is 12.7. The highest BCUT2D eigenvalue weighted by Crippen LogP contribution is 2.17. The fraction of sp³-hybridized carbons (Fsp3) is 0.385. The molecule has 2 amide bonds. The number of nitrogens with one attached hydrogen (secondary N) is 1. The van der Waals surface area contributed by atoms with Crippen molar-refractivity contribution in [1.82, 2.24) is 4.90 Å². The van der Waals surface area contributed by atoms with Gasteiger partial charge in [0.15, 0.2) is 0 Å². The van der Waals surface area contributed by atoms with Gasteiger partial charge in [-0.3, -0.25) is 0 Å². The first-order valence-corrected chi connectivity index (χ1v) is 5.90. The number of benzene rings is 1. The third kappa shape index (κ3) is 2.98. The molecule has 0 atom stereocenters. The summed E-state index contributed by atoms with van der Waals surface area (Å²) in [6.45, 7) is 1.18. The van der Waals surface area contributed by atoms with E-state index in [0.717, 1.165) is 0 Å². The van der Waals surface area contributed by atoms with Gasteiger partial charge in [0.1, 0.15) is 5.82 Å². The minimum Gasteiger partial charge on any atom is -0.324 e. The molecular formula is C13H14FN3O. The number of rotatable bonds is 1. The molecule has 1 heterocycles. The summed E-state index contributed by atoms with van der Waals surface area (Å²) in [5, 5.41) is 11.5. The molecule has 0 radical (unpaired) electrons. The van der Waals surface area contributed by atoms with E-state index < -0.39 is 0 Å². The SMILES string of the molecule is N#CC1CCN(C(=O)Nc2ccc(F)cc2)CC1. The molecule has 94 valence electrons. The van der Waals surface area contributed by atoms with Crippen molar-refractivity contribution in [3.05, 3.63) is 30.1 Å². The lowest BCUT2D eigenvalue weighted by molar-refractivity contribution is 0.192. The average Bonchev–Trinajstić information content (AvgIpc) is 2.41. The second-order valence-corrected chi connectivity index (χ2v) is 4.33. The fourth-order valence-corrected chi connectivity index (χ4v) is 1.95. The van der Waals surface area contributed by atoms with Crippen LogP contribution in [-0.2, 0) is 0 Å². The van der Waals surface area contributed by atoms with Gasteiger partial charge in [-0.2, -0.15) is 5.26 Å². The second-order valence-electron chi connectivity index (χ2n) is 4.33. The molecule has 0 unspecified atom stereocenters. The molecule has 18 heavy (non-hydrogen) atoms. The molecule has 1 aliphatic rings. The molecule has 1 fully saturated rings. The Morgan fingerprint density at radius 2 is 1.94 bits per heavy atom. The van der Waals surface area contributed by atoms with Gasteiger partial charge in [0.2, 0.25) is 0 Å². The summed E-state index contributed by atoms with van der Waals surface area (Å²) in [6, 6.07) is 7.68. The van der Waals surface area contributed by atoms with E-state index in [1.807, 2.05) is 0 Å². The average molecular weight is 247 g/mol. The third-order valence-electron chi connectivity index (χ3n) is 3.06. The van der Waals surface area contributed by atoms with E-state index in [0.29, 0.717) is 31.6 Å². The molecule has 1 aromatic carbocycles. The molecule has 0 saturated carbocycles. The number of carbonyl (C=O) groups is 1. The van der Waals surface area contributed by atoms with Crippen LogP contribution < -0.4 is 5.32 Å². The normalized spacial score (nSPS) is 16.1. The highest BCUT2D eigenvalue weighted by Gasteiger charge is 2.22. The van der Waals surface area contributed by atoms with Gasteiger partial charge in [-0.05, 0) is 37.1 Å². The summed E-state index contributed by atoms with van der Waals surface area (Å²) in [7, 11) is 0. The van der Waals surface area contributed by atoms with Gasteiger partial charge in [-0.25, -0.2) is 9.18 Å². The predicted molar refractivity (Wildman–Crippen MR) is 65.3 cm³/mol. The number of halogens is 1. The van der Waals surface area contributed by atoms with Crippen molar-refractivity contribution in [3.8, 4) is 6.07 Å². The van der Waals surface area contributed by atoms with Crippen molar-refractivity contribution >= 4 is 11.7 Å². The number of nitriles is 1. The highest BCUT2D eigenvalue weighted by molar-refractivity contribution is 5.89. The first kappa shape index (κ1) is 12.4. The Balaban J connectivity index is 1.89. The lowest BCUT2D eigenvalue weighted by atomic mass is 9.99. The van der Waals surface area contributed by atoms with E-state index >= 15 is 0 Å². The Labute approximate surface area is 105 Å². The molecule has 1 aromatic rings. The van der Waals surface area contributed by atoms with Crippen molar-refractivity contribution in [2.75, 3.05) is 18.4 Å². The van der Waals surface area contributed by atoms with Gasteiger partial charge in [-0.1, -0.05) is 0 Å². The predicted octanol–water partition coefficient (Wildman–Crippen LogP) is 2.59. The van der Waals surface area contributed by atoms with Crippen LogP contribution in [0, 0.1) is 23.1 Å². The number of amides is 2. The van der Waals surface area contributed by atoms with Gasteiger partial charge in [-0.15, -0.1) is 0 Å². The summed E-state index contributed by atoms with van der Waals surface area (Å²) >= 11 is 0. The molecule has 4 nitrogen and oxygen atoms in total. The first-order chi connectivity index (χ1) is 8.69. The molecule has 5 heteroatoms. The molecule has 1 saturated heterocycles. The van der Waals surface area contributed by atoms with E-state index in [9.17, 15) is 9.18 Å². The Morgan fingerprint density at radius 3 is 2.50 bits per heavy atom. The number of piperidine rings is 1. The maximum absolute atomic E-state index is 12.7. The monoisotopic (exact) mass is 247 g/mol. The number of carbonyl (C=O) groups excluding carboxylic acids is 1. The van der Waals surface area contributed by atoms with Crippen molar-refractivity contribution in [2.24, 2.45) is 5.92 Å². The summed E-state index contributed by atoms with van der Waals surface area (Å²) in [6.07, 6.45) is 1.43. The summed E-state index contributed by atoms with van der Waals surface area (Å²) in [5.74, 6) is -0.275. The summed E-state index contributed by atoms with van der Waals surface area (Å²) in [4.78, 5) is 13.6. The minimum atomic E-state index is -0.331. The molecule has 0 spiro atoms. The molecule has 1 aliphatic heterocycles. The smallest absolute Gasteiger partial charge is 0.321 e. The van der Waals surface area contributed by atoms with Gasteiger partial charge in [0.25, 0.3) is 0 Å². The standard InChI is InChI=1S/C13H14FN3O/c14-11-1-3-12(4-2-11)16-13(18)17-7-5-10(9-15)6-8-17/h1-4,10H,5-8H2,(H,16,18). The molecule has 1 N–H and O–H groups in total. The van der Waals surface area contributed by atoms with Crippen molar-refractivity contribution in [2.45, 2.75) is 12.8 Å².